The molecular weight excluding hydrogens is 257 g/mol. The summed E-state index contributed by atoms with van der Waals surface area (Å²) >= 11 is 0.668. The van der Waals surface area contributed by atoms with Crippen LogP contribution in [-0.4, -0.2) is 22.2 Å². The maximum Gasteiger partial charge on any atom is 0.455 e. The van der Waals surface area contributed by atoms with E-state index in [9.17, 15) is 18.0 Å². The minimum Gasteiger partial charge on any atom is -0.420 e. The monoisotopic (exact) mass is 262 g/mol. The average Bonchev–Trinajstić information content (AvgIpc) is 2.83. The van der Waals surface area contributed by atoms with Gasteiger partial charge in [-0.2, -0.15) is 13.2 Å². The van der Waals surface area contributed by atoms with Crippen LogP contribution in [0.2, 0.25) is 0 Å². The summed E-state index contributed by atoms with van der Waals surface area (Å²) in [4.78, 5) is 10.9. The van der Waals surface area contributed by atoms with Crippen LogP contribution in [0.25, 0.3) is 10.8 Å². The zero-order valence-electron chi connectivity index (χ0n) is 8.41. The van der Waals surface area contributed by atoms with E-state index in [1.54, 1.807) is 6.92 Å². The molecule has 0 aliphatic rings. The number of ketones is 1. The van der Waals surface area contributed by atoms with Crippen molar-refractivity contribution in [3.63, 3.8) is 0 Å². The number of hydrogen-bond donors (Lipinski definition) is 0. The van der Waals surface area contributed by atoms with E-state index in [0.717, 1.165) is 6.07 Å². The predicted octanol–water partition coefficient (Wildman–Crippen LogP) is 2.85. The summed E-state index contributed by atoms with van der Waals surface area (Å²) in [5.74, 6) is -1.46. The van der Waals surface area contributed by atoms with Gasteiger partial charge < -0.3 is 4.42 Å². The number of hydrogen-bond acceptors (Lipinski definition) is 5. The van der Waals surface area contributed by atoms with Gasteiger partial charge in [-0.3, -0.25) is 4.79 Å². The van der Waals surface area contributed by atoms with Gasteiger partial charge >= 0.3 is 6.18 Å². The Labute approximate surface area is 97.1 Å². The molecule has 0 aromatic carbocycles. The molecule has 8 heteroatoms. The summed E-state index contributed by atoms with van der Waals surface area (Å²) in [5.41, 5.74) is 0. The number of aromatic nitrogens is 2. The summed E-state index contributed by atoms with van der Waals surface area (Å²) in [6.45, 7) is 1.56. The van der Waals surface area contributed by atoms with Crippen LogP contribution in [0.1, 0.15) is 15.6 Å². The molecule has 2 heterocycles. The van der Waals surface area contributed by atoms with Gasteiger partial charge in [0, 0.05) is 6.92 Å². The van der Waals surface area contributed by atoms with Crippen molar-refractivity contribution in [2.24, 2.45) is 0 Å². The molecule has 0 aliphatic heterocycles. The van der Waals surface area contributed by atoms with E-state index in [2.05, 4.69) is 10.2 Å². The number of halogens is 3. The Morgan fingerprint density at radius 3 is 2.59 bits per heavy atom. The van der Waals surface area contributed by atoms with E-state index in [1.165, 1.54) is 6.07 Å². The van der Waals surface area contributed by atoms with Gasteiger partial charge in [-0.05, 0) is 12.1 Å². The fourth-order valence-corrected chi connectivity index (χ4v) is 2.00. The lowest BCUT2D eigenvalue weighted by molar-refractivity contribution is -0.0882. The zero-order valence-corrected chi connectivity index (χ0v) is 9.22. The van der Waals surface area contributed by atoms with Gasteiger partial charge in [0.05, 0.1) is 9.75 Å². The molecule has 2 rings (SSSR count). The second kappa shape index (κ2) is 3.95. The normalized spacial score (nSPS) is 11.8. The Morgan fingerprint density at radius 1 is 1.35 bits per heavy atom. The fourth-order valence-electron chi connectivity index (χ4n) is 1.11. The summed E-state index contributed by atoms with van der Waals surface area (Å²) in [6, 6.07) is 2.44. The van der Waals surface area contributed by atoms with Crippen LogP contribution < -0.4 is 0 Å². The molecule has 0 bridgehead atoms. The molecule has 17 heavy (non-hydrogen) atoms. The van der Waals surface area contributed by atoms with Gasteiger partial charge in [-0.15, -0.1) is 21.5 Å². The Bertz CT molecular complexity index is 559. The Balaban J connectivity index is 2.31. The van der Waals surface area contributed by atoms with Gasteiger partial charge in [-0.25, -0.2) is 0 Å². The van der Waals surface area contributed by atoms with Gasteiger partial charge in [-0.1, -0.05) is 0 Å². The van der Waals surface area contributed by atoms with Crippen LogP contribution in [0.3, 0.4) is 0 Å². The number of nitrogens with zero attached hydrogens (tertiary/aromatic N) is 2. The van der Waals surface area contributed by atoms with Crippen molar-refractivity contribution in [1.82, 2.24) is 10.2 Å². The van der Waals surface area contributed by atoms with Crippen LogP contribution in [0.15, 0.2) is 16.5 Å². The molecule has 0 spiro atoms. The van der Waals surface area contributed by atoms with Crippen LogP contribution in [0, 0.1) is 6.92 Å². The summed E-state index contributed by atoms with van der Waals surface area (Å²) < 4.78 is 41.5. The first-order valence-corrected chi connectivity index (χ1v) is 5.21. The number of Topliss-reactive ketones (excluding diaryl/α,β-unsaturated/α-hetero) is 1. The molecule has 90 valence electrons. The Hall–Kier alpha value is -1.70. The topological polar surface area (TPSA) is 56.0 Å². The van der Waals surface area contributed by atoms with Crippen LogP contribution in [-0.2, 0) is 0 Å². The molecule has 0 unspecified atom stereocenters. The minimum absolute atomic E-state index is 0.105. The molecule has 0 N–H and O–H groups in total. The van der Waals surface area contributed by atoms with Crippen LogP contribution in [0.5, 0.6) is 0 Å². The number of carbonyl (C=O) groups excluding carboxylic acids is 1. The summed E-state index contributed by atoms with van der Waals surface area (Å²) in [5, 5.41) is 7.20. The standard InChI is InChI=1S/C9H5F3N2O2S/c1-4-13-14-8(16-4)6-3-2-5(17-6)7(15)9(10,11)12/h2-3H,1H3. The zero-order chi connectivity index (χ0) is 12.6. The van der Waals surface area contributed by atoms with E-state index in [4.69, 9.17) is 4.42 Å². The van der Waals surface area contributed by atoms with Crippen LogP contribution >= 0.6 is 11.3 Å². The van der Waals surface area contributed by atoms with Gasteiger partial charge in [0.15, 0.2) is 0 Å². The van der Waals surface area contributed by atoms with Crippen molar-refractivity contribution >= 4 is 17.1 Å². The highest BCUT2D eigenvalue weighted by Crippen LogP contribution is 2.31. The summed E-state index contributed by atoms with van der Waals surface area (Å²) in [6.07, 6.45) is -4.87. The third-order valence-electron chi connectivity index (χ3n) is 1.82. The SMILES string of the molecule is Cc1nnc(-c2ccc(C(=O)C(F)(F)F)s2)o1. The lowest BCUT2D eigenvalue weighted by atomic mass is 10.3. The Morgan fingerprint density at radius 2 is 2.06 bits per heavy atom. The second-order valence-corrected chi connectivity index (χ2v) is 4.20. The predicted molar refractivity (Wildman–Crippen MR) is 52.7 cm³/mol. The molecule has 4 nitrogen and oxygen atoms in total. The van der Waals surface area contributed by atoms with E-state index in [1.807, 2.05) is 0 Å². The van der Waals surface area contributed by atoms with Crippen LogP contribution in [0.4, 0.5) is 13.2 Å². The number of carbonyl (C=O) groups is 1. The van der Waals surface area contributed by atoms with Crippen molar-refractivity contribution < 1.29 is 22.4 Å². The highest BCUT2D eigenvalue weighted by atomic mass is 32.1. The smallest absolute Gasteiger partial charge is 0.420 e. The number of thiophene rings is 1. The largest absolute Gasteiger partial charge is 0.455 e. The third-order valence-corrected chi connectivity index (χ3v) is 2.90. The first kappa shape index (κ1) is 11.8. The highest BCUT2D eigenvalue weighted by molar-refractivity contribution is 7.17. The van der Waals surface area contributed by atoms with Crippen molar-refractivity contribution in [3.8, 4) is 10.8 Å². The molecule has 0 saturated carbocycles. The lowest BCUT2D eigenvalue weighted by Crippen LogP contribution is -2.21. The molecule has 2 aromatic heterocycles. The number of rotatable bonds is 2. The van der Waals surface area contributed by atoms with E-state index in [0.29, 0.717) is 22.1 Å². The summed E-state index contributed by atoms with van der Waals surface area (Å²) in [7, 11) is 0. The van der Waals surface area contributed by atoms with Crippen molar-refractivity contribution in [1.29, 1.82) is 0 Å². The molecular formula is C9H5F3N2O2S. The molecule has 0 atom stereocenters. The number of alkyl halides is 3. The Kier molecular flexibility index (Phi) is 2.74. The fraction of sp³-hybridized carbons (Fsp3) is 0.222. The first-order chi connectivity index (χ1) is 7.88. The van der Waals surface area contributed by atoms with Gasteiger partial charge in [0.1, 0.15) is 0 Å². The molecule has 0 aliphatic carbocycles. The quantitative estimate of drug-likeness (QED) is 0.781. The van der Waals surface area contributed by atoms with Gasteiger partial charge in [0.2, 0.25) is 5.89 Å². The minimum atomic E-state index is -4.87. The molecule has 0 fully saturated rings. The van der Waals surface area contributed by atoms with E-state index < -0.39 is 16.8 Å². The van der Waals surface area contributed by atoms with Gasteiger partial charge in [0.25, 0.3) is 11.7 Å². The first-order valence-electron chi connectivity index (χ1n) is 4.40. The van der Waals surface area contributed by atoms with Crippen molar-refractivity contribution in [3.05, 3.63) is 22.9 Å². The van der Waals surface area contributed by atoms with Crippen molar-refractivity contribution in [2.45, 2.75) is 13.1 Å². The molecule has 0 saturated heterocycles. The maximum atomic E-state index is 12.2. The maximum absolute atomic E-state index is 12.2. The molecule has 0 amide bonds. The molecule has 0 radical (unpaired) electrons. The second-order valence-electron chi connectivity index (χ2n) is 3.12. The van der Waals surface area contributed by atoms with Crippen molar-refractivity contribution in [2.75, 3.05) is 0 Å². The van der Waals surface area contributed by atoms with E-state index >= 15 is 0 Å². The highest BCUT2D eigenvalue weighted by Gasteiger charge is 2.40. The average molecular weight is 262 g/mol. The molecule has 2 aromatic rings. The van der Waals surface area contributed by atoms with E-state index in [-0.39, 0.29) is 5.89 Å². The number of aryl methyl sites for hydroxylation is 1. The lowest BCUT2D eigenvalue weighted by Gasteiger charge is -2.00. The third kappa shape index (κ3) is 2.36.